The molecule has 1 saturated heterocycles. The van der Waals surface area contributed by atoms with Crippen LogP contribution in [0, 0.1) is 0 Å². The van der Waals surface area contributed by atoms with Crippen molar-refractivity contribution in [3.05, 3.63) is 42.1 Å². The number of pyridine rings is 2. The molecular weight excluding hydrogens is 436 g/mol. The number of fused-ring (bicyclic) bond motifs is 3. The van der Waals surface area contributed by atoms with Crippen molar-refractivity contribution in [2.45, 2.75) is 32.0 Å². The molecule has 2 aliphatic heterocycles. The molecule has 0 spiro atoms. The molecule has 3 amide bonds. The van der Waals surface area contributed by atoms with Crippen molar-refractivity contribution in [3.8, 4) is 11.3 Å². The van der Waals surface area contributed by atoms with Gasteiger partial charge < -0.3 is 15.7 Å². The van der Waals surface area contributed by atoms with Gasteiger partial charge in [-0.2, -0.15) is 0 Å². The number of carbonyl (C=O) groups excluding carboxylic acids is 2. The van der Waals surface area contributed by atoms with Crippen LogP contribution in [0.5, 0.6) is 0 Å². The van der Waals surface area contributed by atoms with Crippen molar-refractivity contribution in [1.82, 2.24) is 29.7 Å². The normalized spacial score (nSPS) is 17.3. The zero-order valence-electron chi connectivity index (χ0n) is 18.9. The van der Waals surface area contributed by atoms with E-state index in [-0.39, 0.29) is 31.1 Å². The summed E-state index contributed by atoms with van der Waals surface area (Å²) in [6.45, 7) is 1.82. The van der Waals surface area contributed by atoms with Gasteiger partial charge in [0.05, 0.1) is 30.0 Å². The number of aliphatic hydroxyl groups excluding tert-OH is 1. The number of aromatic nitrogens is 4. The number of anilines is 1. The maximum absolute atomic E-state index is 13.4. The maximum atomic E-state index is 13.4. The molecule has 0 bridgehead atoms. The quantitative estimate of drug-likeness (QED) is 0.570. The lowest BCUT2D eigenvalue weighted by Gasteiger charge is -2.43. The van der Waals surface area contributed by atoms with E-state index in [0.717, 1.165) is 24.1 Å². The minimum absolute atomic E-state index is 0.0265. The number of carbonyl (C=O) groups is 2. The SMILES string of the molecule is CN1Cc2cnc3ccc(-c4cnc(CO)nc4)nc3c2N(C2CCN(CC(N)=O)CC2)C1=O. The zero-order chi connectivity index (χ0) is 23.8. The number of nitrogens with zero attached hydrogens (tertiary/aromatic N) is 7. The highest BCUT2D eigenvalue weighted by atomic mass is 16.3. The summed E-state index contributed by atoms with van der Waals surface area (Å²) in [6.07, 6.45) is 6.52. The third kappa shape index (κ3) is 4.03. The Bertz CT molecular complexity index is 1240. The fraction of sp³-hybridized carbons (Fsp3) is 0.391. The molecule has 0 saturated carbocycles. The summed E-state index contributed by atoms with van der Waals surface area (Å²) in [5.41, 5.74) is 9.81. The zero-order valence-corrected chi connectivity index (χ0v) is 18.9. The minimum Gasteiger partial charge on any atom is -0.388 e. The predicted octanol–water partition coefficient (Wildman–Crippen LogP) is 0.901. The molecule has 3 aromatic heterocycles. The van der Waals surface area contributed by atoms with E-state index in [1.165, 1.54) is 0 Å². The standard InChI is InChI=1S/C23H26N8O3/c1-29-11-15-10-25-18-3-2-17(14-8-26-20(13-32)27-9-14)28-21(18)22(15)31(23(29)34)16-4-6-30(7-5-16)12-19(24)33/h2-3,8-10,16,32H,4-7,11-13H2,1H3,(H2,24,33). The molecule has 0 aliphatic carbocycles. The van der Waals surface area contributed by atoms with E-state index >= 15 is 0 Å². The molecule has 34 heavy (non-hydrogen) atoms. The Morgan fingerprint density at radius 2 is 1.88 bits per heavy atom. The Balaban J connectivity index is 1.55. The van der Waals surface area contributed by atoms with E-state index in [4.69, 9.17) is 10.7 Å². The molecule has 11 nitrogen and oxygen atoms in total. The molecular formula is C23H26N8O3. The minimum atomic E-state index is -0.345. The number of piperidine rings is 1. The summed E-state index contributed by atoms with van der Waals surface area (Å²) in [6, 6.07) is 3.63. The van der Waals surface area contributed by atoms with Crippen LogP contribution < -0.4 is 10.6 Å². The second kappa shape index (κ2) is 8.92. The monoisotopic (exact) mass is 462 g/mol. The molecule has 1 fully saturated rings. The molecule has 2 aliphatic rings. The number of primary amides is 1. The van der Waals surface area contributed by atoms with Crippen LogP contribution >= 0.6 is 0 Å². The Morgan fingerprint density at radius 3 is 2.56 bits per heavy atom. The van der Waals surface area contributed by atoms with E-state index in [1.54, 1.807) is 24.3 Å². The first-order chi connectivity index (χ1) is 16.4. The highest BCUT2D eigenvalue weighted by molar-refractivity contribution is 6.04. The van der Waals surface area contributed by atoms with Crippen molar-refractivity contribution < 1.29 is 14.7 Å². The van der Waals surface area contributed by atoms with Gasteiger partial charge >= 0.3 is 6.03 Å². The van der Waals surface area contributed by atoms with Crippen LogP contribution in [0.25, 0.3) is 22.3 Å². The number of aliphatic hydroxyl groups is 1. The van der Waals surface area contributed by atoms with Crippen LogP contribution in [0.1, 0.15) is 24.2 Å². The Morgan fingerprint density at radius 1 is 1.15 bits per heavy atom. The first-order valence-electron chi connectivity index (χ1n) is 11.2. The molecule has 3 N–H and O–H groups in total. The first-order valence-corrected chi connectivity index (χ1v) is 11.2. The highest BCUT2D eigenvalue weighted by Crippen LogP contribution is 2.37. The second-order valence-electron chi connectivity index (χ2n) is 8.72. The van der Waals surface area contributed by atoms with Gasteiger partial charge in [-0.15, -0.1) is 0 Å². The molecule has 0 unspecified atom stereocenters. The number of rotatable bonds is 5. The lowest BCUT2D eigenvalue weighted by molar-refractivity contribution is -0.119. The molecule has 0 radical (unpaired) electrons. The molecule has 11 heteroatoms. The van der Waals surface area contributed by atoms with E-state index < -0.39 is 0 Å². The van der Waals surface area contributed by atoms with Crippen molar-refractivity contribution in [1.29, 1.82) is 0 Å². The highest BCUT2D eigenvalue weighted by Gasteiger charge is 2.37. The summed E-state index contributed by atoms with van der Waals surface area (Å²) in [5.74, 6) is -0.00607. The van der Waals surface area contributed by atoms with Gasteiger partial charge in [-0.3, -0.25) is 19.6 Å². The maximum Gasteiger partial charge on any atom is 0.324 e. The topological polar surface area (TPSA) is 142 Å². The summed E-state index contributed by atoms with van der Waals surface area (Å²) in [7, 11) is 1.79. The van der Waals surface area contributed by atoms with Gasteiger partial charge in [-0.25, -0.2) is 19.7 Å². The van der Waals surface area contributed by atoms with Gasteiger partial charge in [0, 0.05) is 55.9 Å². The largest absolute Gasteiger partial charge is 0.388 e. The fourth-order valence-electron chi connectivity index (χ4n) is 4.70. The average Bonchev–Trinajstić information content (AvgIpc) is 2.85. The number of amides is 3. The van der Waals surface area contributed by atoms with Gasteiger partial charge in [0.2, 0.25) is 5.91 Å². The number of hydrogen-bond acceptors (Lipinski definition) is 8. The van der Waals surface area contributed by atoms with Gasteiger partial charge in [-0.1, -0.05) is 0 Å². The van der Waals surface area contributed by atoms with E-state index in [0.29, 0.717) is 47.7 Å². The molecule has 0 atom stereocenters. The van der Waals surface area contributed by atoms with Crippen molar-refractivity contribution >= 4 is 28.7 Å². The summed E-state index contributed by atoms with van der Waals surface area (Å²) >= 11 is 0. The van der Waals surface area contributed by atoms with Gasteiger partial charge in [0.25, 0.3) is 0 Å². The smallest absolute Gasteiger partial charge is 0.324 e. The molecule has 5 rings (SSSR count). The number of hydrogen-bond donors (Lipinski definition) is 2. The molecule has 5 heterocycles. The van der Waals surface area contributed by atoms with E-state index in [9.17, 15) is 14.7 Å². The number of nitrogens with two attached hydrogens (primary N) is 1. The van der Waals surface area contributed by atoms with Gasteiger partial charge in [0.15, 0.2) is 5.82 Å². The van der Waals surface area contributed by atoms with E-state index in [1.807, 2.05) is 28.1 Å². The first kappa shape index (κ1) is 22.1. The molecule has 0 aromatic carbocycles. The Kier molecular flexibility index (Phi) is 5.80. The van der Waals surface area contributed by atoms with Crippen LogP contribution in [-0.4, -0.2) is 79.5 Å². The molecule has 176 valence electrons. The molecule has 3 aromatic rings. The lowest BCUT2D eigenvalue weighted by atomic mass is 9.99. The Hall–Kier alpha value is -3.70. The summed E-state index contributed by atoms with van der Waals surface area (Å²) < 4.78 is 0. The van der Waals surface area contributed by atoms with Crippen molar-refractivity contribution in [3.63, 3.8) is 0 Å². The van der Waals surface area contributed by atoms with Crippen molar-refractivity contribution in [2.24, 2.45) is 5.73 Å². The van der Waals surface area contributed by atoms with Crippen LogP contribution in [0.4, 0.5) is 10.5 Å². The fourth-order valence-corrected chi connectivity index (χ4v) is 4.70. The second-order valence-corrected chi connectivity index (χ2v) is 8.72. The number of urea groups is 1. The third-order valence-electron chi connectivity index (χ3n) is 6.39. The third-order valence-corrected chi connectivity index (χ3v) is 6.39. The van der Waals surface area contributed by atoms with Gasteiger partial charge in [0.1, 0.15) is 12.1 Å². The van der Waals surface area contributed by atoms with Crippen LogP contribution in [0.3, 0.4) is 0 Å². The average molecular weight is 463 g/mol. The Labute approximate surface area is 196 Å². The summed E-state index contributed by atoms with van der Waals surface area (Å²) in [4.78, 5) is 48.0. The van der Waals surface area contributed by atoms with E-state index in [2.05, 4.69) is 15.0 Å². The summed E-state index contributed by atoms with van der Waals surface area (Å²) in [5, 5.41) is 9.22. The van der Waals surface area contributed by atoms with Crippen LogP contribution in [0.15, 0.2) is 30.7 Å². The van der Waals surface area contributed by atoms with Gasteiger partial charge in [-0.05, 0) is 25.0 Å². The van der Waals surface area contributed by atoms with Crippen LogP contribution in [0.2, 0.25) is 0 Å². The predicted molar refractivity (Wildman–Crippen MR) is 124 cm³/mol. The van der Waals surface area contributed by atoms with Crippen LogP contribution in [-0.2, 0) is 17.9 Å². The lowest BCUT2D eigenvalue weighted by Crippen LogP contribution is -2.54. The van der Waals surface area contributed by atoms with Crippen molar-refractivity contribution in [2.75, 3.05) is 31.6 Å². The number of likely N-dealkylation sites (tertiary alicyclic amines) is 1.